The molecule has 0 bridgehead atoms. The van der Waals surface area contributed by atoms with Gasteiger partial charge in [-0.1, -0.05) is 0 Å². The van der Waals surface area contributed by atoms with Crippen molar-refractivity contribution >= 4 is 28.3 Å². The monoisotopic (exact) mass is 278 g/mol. The van der Waals surface area contributed by atoms with Gasteiger partial charge < -0.3 is 0 Å². The van der Waals surface area contributed by atoms with Crippen LogP contribution >= 0.6 is 28.3 Å². The Morgan fingerprint density at radius 3 is 1.85 bits per heavy atom. The van der Waals surface area contributed by atoms with Crippen molar-refractivity contribution in [2.75, 3.05) is 0 Å². The number of benzene rings is 1. The fourth-order valence-corrected chi connectivity index (χ4v) is 0.809. The third-order valence-electron chi connectivity index (χ3n) is 0.988. The van der Waals surface area contributed by atoms with Crippen molar-refractivity contribution in [2.45, 2.75) is 0 Å². The fourth-order valence-electron chi connectivity index (χ4n) is 0.502. The number of hydrazine groups is 1. The highest BCUT2D eigenvalue weighted by Gasteiger charge is 2.10. The van der Waals surface area contributed by atoms with Crippen molar-refractivity contribution in [2.24, 2.45) is 11.7 Å². The number of halogens is 5. The Morgan fingerprint density at radius 1 is 1.00 bits per heavy atom. The smallest absolute Gasteiger partial charge is 0.195 e. The maximum absolute atomic E-state index is 12.3. The molecule has 0 amide bonds. The predicted molar refractivity (Wildman–Crippen MR) is 49.6 cm³/mol. The molecule has 76 valence electrons. The van der Waals surface area contributed by atoms with Crippen LogP contribution in [0.15, 0.2) is 16.6 Å². The van der Waals surface area contributed by atoms with Crippen LogP contribution < -0.4 is 11.7 Å². The Morgan fingerprint density at radius 2 is 1.46 bits per heavy atom. The lowest BCUT2D eigenvalue weighted by Crippen LogP contribution is -2.02. The van der Waals surface area contributed by atoms with Gasteiger partial charge in [-0.3, -0.25) is 11.7 Å². The summed E-state index contributed by atoms with van der Waals surface area (Å²) < 4.78 is 36.6. The predicted octanol–water partition coefficient (Wildman–Crippen LogP) is 2.11. The van der Waals surface area contributed by atoms with Crippen LogP contribution in [0.1, 0.15) is 0 Å². The summed E-state index contributed by atoms with van der Waals surface area (Å²) in [6.45, 7) is 0. The molecule has 2 nitrogen and oxygen atoms in total. The lowest BCUT2D eigenvalue weighted by molar-refractivity contribution is 0.444. The van der Waals surface area contributed by atoms with Gasteiger partial charge in [0.05, 0.1) is 4.47 Å². The summed E-state index contributed by atoms with van der Waals surface area (Å²) in [5, 5.41) is 0. The van der Waals surface area contributed by atoms with Crippen LogP contribution in [0.2, 0.25) is 0 Å². The number of rotatable bonds is 0. The summed E-state index contributed by atoms with van der Waals surface area (Å²) in [6.07, 6.45) is 0. The van der Waals surface area contributed by atoms with Crippen LogP contribution in [0.25, 0.3) is 0 Å². The molecule has 0 aromatic heterocycles. The van der Waals surface area contributed by atoms with E-state index in [0.717, 1.165) is 12.1 Å². The SMILES string of the molecule is Cl.Fc1ccc(Br)c(F)c1F.NN. The maximum atomic E-state index is 12.3. The standard InChI is InChI=1S/C6H2BrF3.ClH.H4N2/c7-3-1-2-4(8)6(10)5(3)9;;1-2/h1-2H;1H;1-2H2. The molecule has 0 spiro atoms. The van der Waals surface area contributed by atoms with E-state index in [1.165, 1.54) is 0 Å². The van der Waals surface area contributed by atoms with Crippen molar-refractivity contribution < 1.29 is 13.2 Å². The third kappa shape index (κ3) is 3.95. The molecule has 0 radical (unpaired) electrons. The summed E-state index contributed by atoms with van der Waals surface area (Å²) in [5.41, 5.74) is 0. The number of nitrogens with two attached hydrogens (primary N) is 2. The normalized spacial score (nSPS) is 8.15. The molecular formula is C6H7BrClF3N2. The maximum Gasteiger partial charge on any atom is 0.195 e. The number of hydrogen-bond donors (Lipinski definition) is 2. The Hall–Kier alpha value is -0.300. The van der Waals surface area contributed by atoms with Gasteiger partial charge >= 0.3 is 0 Å². The van der Waals surface area contributed by atoms with Gasteiger partial charge in [0.15, 0.2) is 17.5 Å². The zero-order chi connectivity index (χ0) is 9.72. The first-order valence-electron chi connectivity index (χ1n) is 2.75. The Balaban J connectivity index is 0. The zero-order valence-electron chi connectivity index (χ0n) is 6.23. The van der Waals surface area contributed by atoms with Crippen LogP contribution in [0, 0.1) is 17.5 Å². The minimum Gasteiger partial charge on any atom is -0.274 e. The van der Waals surface area contributed by atoms with E-state index in [4.69, 9.17) is 0 Å². The minimum atomic E-state index is -1.45. The molecule has 4 N–H and O–H groups in total. The molecule has 0 aliphatic carbocycles. The van der Waals surface area contributed by atoms with E-state index < -0.39 is 17.5 Å². The molecule has 0 aliphatic heterocycles. The van der Waals surface area contributed by atoms with E-state index in [2.05, 4.69) is 27.6 Å². The van der Waals surface area contributed by atoms with Crippen LogP contribution in [0.4, 0.5) is 13.2 Å². The lowest BCUT2D eigenvalue weighted by Gasteiger charge is -1.95. The second-order valence-electron chi connectivity index (χ2n) is 1.66. The van der Waals surface area contributed by atoms with E-state index in [1.807, 2.05) is 0 Å². The molecule has 13 heavy (non-hydrogen) atoms. The fraction of sp³-hybridized carbons (Fsp3) is 0. The quantitative estimate of drug-likeness (QED) is 0.331. The van der Waals surface area contributed by atoms with Crippen LogP contribution in [0.3, 0.4) is 0 Å². The summed E-state index contributed by atoms with van der Waals surface area (Å²) in [7, 11) is 0. The van der Waals surface area contributed by atoms with E-state index in [1.54, 1.807) is 0 Å². The second kappa shape index (κ2) is 7.14. The van der Waals surface area contributed by atoms with Crippen LogP contribution in [-0.2, 0) is 0 Å². The Bertz CT molecular complexity index is 245. The van der Waals surface area contributed by atoms with E-state index in [0.29, 0.717) is 0 Å². The molecule has 0 aliphatic rings. The van der Waals surface area contributed by atoms with Gasteiger partial charge in [-0.25, -0.2) is 13.2 Å². The van der Waals surface area contributed by atoms with Crippen molar-refractivity contribution in [3.63, 3.8) is 0 Å². The van der Waals surface area contributed by atoms with E-state index in [-0.39, 0.29) is 16.9 Å². The first-order valence-corrected chi connectivity index (χ1v) is 3.54. The Kier molecular flexibility index (Phi) is 8.34. The van der Waals surface area contributed by atoms with Gasteiger partial charge in [0.2, 0.25) is 0 Å². The van der Waals surface area contributed by atoms with Crippen molar-refractivity contribution in [1.29, 1.82) is 0 Å². The topological polar surface area (TPSA) is 52.0 Å². The van der Waals surface area contributed by atoms with Crippen molar-refractivity contribution in [3.8, 4) is 0 Å². The average Bonchev–Trinajstić information content (AvgIpc) is 2.12. The first kappa shape index (κ1) is 15.2. The van der Waals surface area contributed by atoms with Gasteiger partial charge in [0.1, 0.15) is 0 Å². The zero-order valence-corrected chi connectivity index (χ0v) is 8.63. The lowest BCUT2D eigenvalue weighted by atomic mass is 10.3. The van der Waals surface area contributed by atoms with Gasteiger partial charge in [-0.15, -0.1) is 12.4 Å². The molecule has 0 saturated carbocycles. The van der Waals surface area contributed by atoms with Gasteiger partial charge in [0.25, 0.3) is 0 Å². The molecule has 0 unspecified atom stereocenters. The first-order chi connectivity index (χ1) is 5.63. The largest absolute Gasteiger partial charge is 0.274 e. The molecular weight excluding hydrogens is 272 g/mol. The van der Waals surface area contributed by atoms with Gasteiger partial charge in [0, 0.05) is 0 Å². The van der Waals surface area contributed by atoms with E-state index in [9.17, 15) is 13.2 Å². The molecule has 1 rings (SSSR count). The molecule has 0 heterocycles. The highest BCUT2D eigenvalue weighted by atomic mass is 79.9. The van der Waals surface area contributed by atoms with E-state index >= 15 is 0 Å². The van der Waals surface area contributed by atoms with Crippen LogP contribution in [0.5, 0.6) is 0 Å². The molecule has 0 atom stereocenters. The van der Waals surface area contributed by atoms with Crippen LogP contribution in [-0.4, -0.2) is 0 Å². The summed E-state index contributed by atoms with van der Waals surface area (Å²) in [6, 6.07) is 1.95. The van der Waals surface area contributed by atoms with Gasteiger partial charge in [-0.2, -0.15) is 0 Å². The minimum absolute atomic E-state index is 0. The van der Waals surface area contributed by atoms with Crippen molar-refractivity contribution in [3.05, 3.63) is 34.1 Å². The Labute approximate surface area is 87.6 Å². The summed E-state index contributed by atoms with van der Waals surface area (Å²) in [5.74, 6) is 4.18. The highest BCUT2D eigenvalue weighted by Crippen LogP contribution is 2.19. The summed E-state index contributed by atoms with van der Waals surface area (Å²) >= 11 is 2.70. The third-order valence-corrected chi connectivity index (χ3v) is 1.60. The van der Waals surface area contributed by atoms with Crippen molar-refractivity contribution in [1.82, 2.24) is 0 Å². The number of hydrogen-bond acceptors (Lipinski definition) is 2. The molecule has 0 saturated heterocycles. The molecule has 7 heteroatoms. The highest BCUT2D eigenvalue weighted by molar-refractivity contribution is 9.10. The second-order valence-corrected chi connectivity index (χ2v) is 2.51. The summed E-state index contributed by atoms with van der Waals surface area (Å²) in [4.78, 5) is 0. The molecule has 1 aromatic carbocycles. The molecule has 0 fully saturated rings. The molecule has 1 aromatic rings. The van der Waals surface area contributed by atoms with Gasteiger partial charge in [-0.05, 0) is 28.1 Å². The average molecular weight is 279 g/mol.